The average Bonchev–Trinajstić information content (AvgIpc) is 2.67. The van der Waals surface area contributed by atoms with E-state index in [1.165, 1.54) is 0 Å². The molecule has 7 heteroatoms. The Balaban J connectivity index is 1.96. The number of aliphatic hydroxyl groups excluding tert-OH is 2. The summed E-state index contributed by atoms with van der Waals surface area (Å²) in [6, 6.07) is 9.85. The van der Waals surface area contributed by atoms with Crippen LogP contribution in [-0.2, 0) is 5.41 Å². The van der Waals surface area contributed by atoms with E-state index in [-0.39, 0.29) is 18.6 Å². The number of aliphatic hydroxyl groups is 2. The van der Waals surface area contributed by atoms with Crippen molar-refractivity contribution in [3.63, 3.8) is 0 Å². The van der Waals surface area contributed by atoms with Gasteiger partial charge in [0.25, 0.3) is 0 Å². The zero-order valence-corrected chi connectivity index (χ0v) is 14.7. The highest BCUT2D eigenvalue weighted by atomic mass is 35.5. The van der Waals surface area contributed by atoms with Gasteiger partial charge in [-0.1, -0.05) is 29.8 Å². The summed E-state index contributed by atoms with van der Waals surface area (Å²) in [5, 5.41) is 25.6. The lowest BCUT2D eigenvalue weighted by Gasteiger charge is -2.38. The Labute approximate surface area is 152 Å². The molecule has 6 nitrogen and oxygen atoms in total. The Morgan fingerprint density at radius 3 is 2.72 bits per heavy atom. The van der Waals surface area contributed by atoms with Gasteiger partial charge in [-0.2, -0.15) is 0 Å². The molecule has 1 aliphatic rings. The molecule has 0 spiro atoms. The predicted octanol–water partition coefficient (Wildman–Crippen LogP) is 1.56. The average molecular weight is 363 g/mol. The molecular formula is C18H23ClN4O2. The van der Waals surface area contributed by atoms with E-state index in [2.05, 4.69) is 21.7 Å². The fourth-order valence-corrected chi connectivity index (χ4v) is 3.67. The molecule has 1 aliphatic heterocycles. The largest absolute Gasteiger partial charge is 0.394 e. The first kappa shape index (κ1) is 18.1. The fourth-order valence-electron chi connectivity index (χ4n) is 3.35. The molecule has 0 aliphatic carbocycles. The van der Waals surface area contributed by atoms with Gasteiger partial charge in [0.1, 0.15) is 0 Å². The van der Waals surface area contributed by atoms with E-state index in [0.29, 0.717) is 5.95 Å². The third-order valence-corrected chi connectivity index (χ3v) is 5.03. The van der Waals surface area contributed by atoms with Crippen molar-refractivity contribution in [2.24, 2.45) is 0 Å². The minimum Gasteiger partial charge on any atom is -0.394 e. The summed E-state index contributed by atoms with van der Waals surface area (Å²) in [4.78, 5) is 8.92. The number of nitrogens with one attached hydrogen (secondary N) is 2. The van der Waals surface area contributed by atoms with Crippen molar-refractivity contribution in [2.75, 3.05) is 31.6 Å². The zero-order chi connectivity index (χ0) is 17.7. The molecule has 0 saturated carbocycles. The second-order valence-electron chi connectivity index (χ2n) is 6.29. The number of nitrogens with zero attached hydrogens (tertiary/aromatic N) is 2. The van der Waals surface area contributed by atoms with Gasteiger partial charge in [0.2, 0.25) is 5.95 Å². The minimum atomic E-state index is -0.844. The number of halogens is 1. The first-order valence-electron chi connectivity index (χ1n) is 8.48. The van der Waals surface area contributed by atoms with Crippen LogP contribution < -0.4 is 10.6 Å². The van der Waals surface area contributed by atoms with E-state index in [1.54, 1.807) is 6.20 Å². The van der Waals surface area contributed by atoms with E-state index in [1.807, 2.05) is 24.3 Å². The molecule has 1 fully saturated rings. The quantitative estimate of drug-likeness (QED) is 0.623. The van der Waals surface area contributed by atoms with E-state index in [0.717, 1.165) is 42.2 Å². The van der Waals surface area contributed by atoms with Gasteiger partial charge in [-0.3, -0.25) is 0 Å². The van der Waals surface area contributed by atoms with Crippen molar-refractivity contribution < 1.29 is 10.2 Å². The van der Waals surface area contributed by atoms with Gasteiger partial charge in [-0.15, -0.1) is 0 Å². The van der Waals surface area contributed by atoms with Gasteiger partial charge in [0, 0.05) is 23.2 Å². The molecule has 4 N–H and O–H groups in total. The van der Waals surface area contributed by atoms with Gasteiger partial charge in [-0.05, 0) is 43.6 Å². The zero-order valence-electron chi connectivity index (χ0n) is 14.0. The standard InChI is InChI=1S/C18H23ClN4O2/c19-15-4-2-1-3-14(15)18(6-9-20-10-7-18)16-5-8-21-17(23-16)22-11-13(25)12-24/h1-5,8,13,20,24-25H,6-7,9-12H2,(H,21,22,23)/t13-/m0/s1. The molecule has 0 bridgehead atoms. The van der Waals surface area contributed by atoms with Crippen LogP contribution in [0.1, 0.15) is 24.1 Å². The molecule has 1 saturated heterocycles. The summed E-state index contributed by atoms with van der Waals surface area (Å²) in [6.07, 6.45) is 2.67. The highest BCUT2D eigenvalue weighted by molar-refractivity contribution is 6.31. The topological polar surface area (TPSA) is 90.3 Å². The number of piperidine rings is 1. The molecule has 1 aromatic heterocycles. The Kier molecular flexibility index (Phi) is 5.86. The molecular weight excluding hydrogens is 340 g/mol. The minimum absolute atomic E-state index is 0.195. The van der Waals surface area contributed by atoms with Crippen molar-refractivity contribution in [1.29, 1.82) is 0 Å². The van der Waals surface area contributed by atoms with Gasteiger partial charge in [0.05, 0.1) is 18.4 Å². The summed E-state index contributed by atoms with van der Waals surface area (Å²) in [6.45, 7) is 1.67. The van der Waals surface area contributed by atoms with Crippen LogP contribution in [-0.4, -0.2) is 52.5 Å². The Morgan fingerprint density at radius 2 is 2.00 bits per heavy atom. The molecule has 0 radical (unpaired) electrons. The molecule has 2 heterocycles. The first-order chi connectivity index (χ1) is 12.2. The van der Waals surface area contributed by atoms with Crippen LogP contribution in [0, 0.1) is 0 Å². The van der Waals surface area contributed by atoms with E-state index < -0.39 is 6.10 Å². The SMILES string of the molecule is OC[C@@H](O)CNc1nccc(C2(c3ccccc3Cl)CCNCC2)n1. The number of hydrogen-bond acceptors (Lipinski definition) is 6. The lowest BCUT2D eigenvalue weighted by molar-refractivity contribution is 0.105. The number of hydrogen-bond donors (Lipinski definition) is 4. The van der Waals surface area contributed by atoms with Crippen molar-refractivity contribution in [3.8, 4) is 0 Å². The summed E-state index contributed by atoms with van der Waals surface area (Å²) in [5.74, 6) is 0.440. The molecule has 0 amide bonds. The smallest absolute Gasteiger partial charge is 0.222 e. The van der Waals surface area contributed by atoms with Crippen LogP contribution in [0.5, 0.6) is 0 Å². The maximum absolute atomic E-state index is 9.51. The third kappa shape index (κ3) is 3.93. The fraction of sp³-hybridized carbons (Fsp3) is 0.444. The number of anilines is 1. The number of aromatic nitrogens is 2. The second kappa shape index (κ2) is 8.10. The Morgan fingerprint density at radius 1 is 1.24 bits per heavy atom. The molecule has 1 aromatic carbocycles. The van der Waals surface area contributed by atoms with E-state index >= 15 is 0 Å². The van der Waals surface area contributed by atoms with Crippen LogP contribution in [0.2, 0.25) is 5.02 Å². The normalized spacial score (nSPS) is 17.9. The van der Waals surface area contributed by atoms with Crippen LogP contribution in [0.25, 0.3) is 0 Å². The summed E-state index contributed by atoms with van der Waals surface area (Å²) >= 11 is 6.52. The van der Waals surface area contributed by atoms with E-state index in [9.17, 15) is 5.11 Å². The highest BCUT2D eigenvalue weighted by Gasteiger charge is 2.38. The summed E-state index contributed by atoms with van der Waals surface area (Å²) in [5.41, 5.74) is 1.73. The summed E-state index contributed by atoms with van der Waals surface area (Å²) < 4.78 is 0. The predicted molar refractivity (Wildman–Crippen MR) is 98.0 cm³/mol. The van der Waals surface area contributed by atoms with Gasteiger partial charge in [-0.25, -0.2) is 9.97 Å². The highest BCUT2D eigenvalue weighted by Crippen LogP contribution is 2.42. The van der Waals surface area contributed by atoms with Crippen LogP contribution in [0.3, 0.4) is 0 Å². The van der Waals surface area contributed by atoms with Crippen LogP contribution >= 0.6 is 11.6 Å². The number of rotatable bonds is 6. The maximum Gasteiger partial charge on any atom is 0.222 e. The number of benzene rings is 1. The lowest BCUT2D eigenvalue weighted by atomic mass is 9.70. The maximum atomic E-state index is 9.51. The van der Waals surface area contributed by atoms with Gasteiger partial charge in [0.15, 0.2) is 0 Å². The Hall–Kier alpha value is -1.73. The van der Waals surface area contributed by atoms with Crippen molar-refractivity contribution in [2.45, 2.75) is 24.4 Å². The third-order valence-electron chi connectivity index (χ3n) is 4.70. The van der Waals surface area contributed by atoms with Crippen molar-refractivity contribution in [1.82, 2.24) is 15.3 Å². The van der Waals surface area contributed by atoms with Crippen LogP contribution in [0.4, 0.5) is 5.95 Å². The molecule has 1 atom stereocenters. The van der Waals surface area contributed by atoms with Gasteiger partial charge >= 0.3 is 0 Å². The monoisotopic (exact) mass is 362 g/mol. The molecule has 3 rings (SSSR count). The van der Waals surface area contributed by atoms with Gasteiger partial charge < -0.3 is 20.8 Å². The Bertz CT molecular complexity index is 707. The van der Waals surface area contributed by atoms with Crippen molar-refractivity contribution >= 4 is 17.5 Å². The lowest BCUT2D eigenvalue weighted by Crippen LogP contribution is -2.41. The summed E-state index contributed by atoms with van der Waals surface area (Å²) in [7, 11) is 0. The molecule has 0 unspecified atom stereocenters. The molecule has 25 heavy (non-hydrogen) atoms. The second-order valence-corrected chi connectivity index (χ2v) is 6.70. The van der Waals surface area contributed by atoms with Crippen molar-refractivity contribution in [3.05, 3.63) is 52.8 Å². The molecule has 2 aromatic rings. The first-order valence-corrected chi connectivity index (χ1v) is 8.85. The van der Waals surface area contributed by atoms with Crippen LogP contribution in [0.15, 0.2) is 36.5 Å². The van der Waals surface area contributed by atoms with E-state index in [4.69, 9.17) is 21.7 Å². The molecule has 134 valence electrons.